The van der Waals surface area contributed by atoms with Gasteiger partial charge < -0.3 is 0 Å². The lowest BCUT2D eigenvalue weighted by Crippen LogP contribution is -2.25. The van der Waals surface area contributed by atoms with Gasteiger partial charge >= 0.3 is 0 Å². The van der Waals surface area contributed by atoms with Crippen LogP contribution in [0.4, 0.5) is 0 Å². The number of nitrogens with zero attached hydrogens (tertiary/aromatic N) is 1. The van der Waals surface area contributed by atoms with E-state index in [0.717, 1.165) is 17.8 Å². The Hall–Kier alpha value is -1.55. The Balaban J connectivity index is 1.47. The van der Waals surface area contributed by atoms with E-state index in [0.29, 0.717) is 5.92 Å². The molecule has 122 valence electrons. The summed E-state index contributed by atoms with van der Waals surface area (Å²) in [5.74, 6) is 3.36. The van der Waals surface area contributed by atoms with Crippen molar-refractivity contribution in [3.63, 3.8) is 0 Å². The van der Waals surface area contributed by atoms with E-state index < -0.39 is 0 Å². The van der Waals surface area contributed by atoms with E-state index in [9.17, 15) is 0 Å². The Morgan fingerprint density at radius 1 is 0.870 bits per heavy atom. The third-order valence-corrected chi connectivity index (χ3v) is 6.25. The molecule has 1 aromatic carbocycles. The van der Waals surface area contributed by atoms with Crippen LogP contribution >= 0.6 is 0 Å². The molecule has 2 aliphatic rings. The normalized spacial score (nSPS) is 31.8. The van der Waals surface area contributed by atoms with Gasteiger partial charge in [-0.05, 0) is 87.5 Å². The molecule has 0 aliphatic heterocycles. The molecule has 0 N–H and O–H groups in total. The number of hydrogen-bond acceptors (Lipinski definition) is 1. The zero-order chi connectivity index (χ0) is 16.1. The van der Waals surface area contributed by atoms with Gasteiger partial charge in [0.25, 0.3) is 0 Å². The maximum atomic E-state index is 8.65. The maximum Gasteiger partial charge on any atom is 0.0908 e. The summed E-state index contributed by atoms with van der Waals surface area (Å²) in [6.45, 7) is 2.17. The first-order valence-corrected chi connectivity index (χ1v) is 9.39. The van der Waals surface area contributed by atoms with Gasteiger partial charge in [0.05, 0.1) is 6.07 Å². The van der Waals surface area contributed by atoms with Gasteiger partial charge in [-0.3, -0.25) is 0 Å². The van der Waals surface area contributed by atoms with E-state index in [-0.39, 0.29) is 0 Å². The molecule has 0 heterocycles. The highest BCUT2D eigenvalue weighted by Gasteiger charge is 2.30. The number of aryl methyl sites for hydroxylation is 1. The van der Waals surface area contributed by atoms with Crippen molar-refractivity contribution in [1.29, 1.82) is 5.26 Å². The molecule has 3 rings (SSSR count). The van der Waals surface area contributed by atoms with Crippen LogP contribution in [0.2, 0.25) is 0 Å². The molecule has 0 amide bonds. The highest BCUT2D eigenvalue weighted by molar-refractivity contribution is 5.24. The zero-order valence-corrected chi connectivity index (χ0v) is 14.4. The minimum absolute atomic E-state index is 0.662. The fourth-order valence-electron chi connectivity index (χ4n) is 4.75. The monoisotopic (exact) mass is 307 g/mol. The second-order valence-corrected chi connectivity index (χ2v) is 7.69. The van der Waals surface area contributed by atoms with E-state index in [1.165, 1.54) is 56.9 Å². The smallest absolute Gasteiger partial charge is 0.0908 e. The molecule has 1 nitrogen and oxygen atoms in total. The van der Waals surface area contributed by atoms with Gasteiger partial charge in [0, 0.05) is 6.08 Å². The van der Waals surface area contributed by atoms with Crippen LogP contribution < -0.4 is 0 Å². The third-order valence-electron chi connectivity index (χ3n) is 6.25. The molecule has 0 saturated heterocycles. The lowest BCUT2D eigenvalue weighted by Gasteiger charge is -2.37. The number of rotatable bonds is 3. The van der Waals surface area contributed by atoms with Gasteiger partial charge in [-0.15, -0.1) is 0 Å². The van der Waals surface area contributed by atoms with Crippen molar-refractivity contribution in [2.45, 2.75) is 64.2 Å². The molecule has 0 aromatic heterocycles. The Bertz CT molecular complexity index is 547. The topological polar surface area (TPSA) is 23.8 Å². The summed E-state index contributed by atoms with van der Waals surface area (Å²) in [4.78, 5) is 0. The van der Waals surface area contributed by atoms with E-state index in [1.54, 1.807) is 11.6 Å². The molecule has 0 unspecified atom stereocenters. The van der Waals surface area contributed by atoms with Crippen molar-refractivity contribution < 1.29 is 0 Å². The summed E-state index contributed by atoms with van der Waals surface area (Å²) in [5, 5.41) is 8.65. The van der Waals surface area contributed by atoms with Crippen molar-refractivity contribution in [3.8, 4) is 6.07 Å². The zero-order valence-electron chi connectivity index (χ0n) is 14.4. The number of nitriles is 1. The van der Waals surface area contributed by atoms with Gasteiger partial charge in [-0.2, -0.15) is 5.26 Å². The number of allylic oxidation sites excluding steroid dienone is 2. The largest absolute Gasteiger partial charge is 0.193 e. The summed E-state index contributed by atoms with van der Waals surface area (Å²) < 4.78 is 0. The predicted octanol–water partition coefficient (Wildman–Crippen LogP) is 6.16. The van der Waals surface area contributed by atoms with Crippen molar-refractivity contribution in [1.82, 2.24) is 0 Å². The fourth-order valence-corrected chi connectivity index (χ4v) is 4.75. The summed E-state index contributed by atoms with van der Waals surface area (Å²) in [7, 11) is 0. The van der Waals surface area contributed by atoms with Crippen LogP contribution in [0.15, 0.2) is 36.4 Å². The SMILES string of the molecule is Cc1ccc([C@H]2CC[C@H]([C@H]3CC[C@H](C=CC#N)CC3)CC2)cc1. The second-order valence-electron chi connectivity index (χ2n) is 7.69. The Kier molecular flexibility index (Phi) is 5.55. The predicted molar refractivity (Wildman–Crippen MR) is 96.1 cm³/mol. The number of hydrogen-bond donors (Lipinski definition) is 0. The van der Waals surface area contributed by atoms with Crippen molar-refractivity contribution in [2.24, 2.45) is 17.8 Å². The van der Waals surface area contributed by atoms with Crippen LogP contribution in [0.5, 0.6) is 0 Å². The average Bonchev–Trinajstić information content (AvgIpc) is 2.61. The summed E-state index contributed by atoms with van der Waals surface area (Å²) in [5.41, 5.74) is 2.92. The van der Waals surface area contributed by atoms with Crippen LogP contribution in [0.3, 0.4) is 0 Å². The first-order chi connectivity index (χ1) is 11.3. The molecule has 1 aromatic rings. The molecular formula is C22H29N. The van der Waals surface area contributed by atoms with Crippen LogP contribution in [0.25, 0.3) is 0 Å². The molecule has 23 heavy (non-hydrogen) atoms. The van der Waals surface area contributed by atoms with Gasteiger partial charge in [-0.1, -0.05) is 35.9 Å². The van der Waals surface area contributed by atoms with Crippen LogP contribution in [-0.2, 0) is 0 Å². The van der Waals surface area contributed by atoms with E-state index >= 15 is 0 Å². The third kappa shape index (κ3) is 4.25. The molecule has 1 heteroatoms. The first kappa shape index (κ1) is 16.3. The molecule has 2 aliphatic carbocycles. The van der Waals surface area contributed by atoms with Crippen molar-refractivity contribution in [3.05, 3.63) is 47.5 Å². The minimum atomic E-state index is 0.662. The van der Waals surface area contributed by atoms with E-state index in [2.05, 4.69) is 43.3 Å². The highest BCUT2D eigenvalue weighted by Crippen LogP contribution is 2.44. The molecule has 2 saturated carbocycles. The lowest BCUT2D eigenvalue weighted by molar-refractivity contribution is 0.171. The van der Waals surface area contributed by atoms with Gasteiger partial charge in [0.2, 0.25) is 0 Å². The summed E-state index contributed by atoms with van der Waals surface area (Å²) in [6.07, 6.45) is 14.7. The second kappa shape index (κ2) is 7.82. The van der Waals surface area contributed by atoms with E-state index in [4.69, 9.17) is 5.26 Å². The van der Waals surface area contributed by atoms with Crippen molar-refractivity contribution in [2.75, 3.05) is 0 Å². The van der Waals surface area contributed by atoms with Crippen LogP contribution in [0, 0.1) is 36.0 Å². The quantitative estimate of drug-likeness (QED) is 0.614. The summed E-state index contributed by atoms with van der Waals surface area (Å²) in [6, 6.07) is 11.3. The van der Waals surface area contributed by atoms with E-state index in [1.807, 2.05) is 0 Å². The van der Waals surface area contributed by atoms with Gasteiger partial charge in [0.15, 0.2) is 0 Å². The summed E-state index contributed by atoms with van der Waals surface area (Å²) >= 11 is 0. The van der Waals surface area contributed by atoms with Gasteiger partial charge in [-0.25, -0.2) is 0 Å². The lowest BCUT2D eigenvalue weighted by atomic mass is 9.68. The molecule has 0 atom stereocenters. The molecular weight excluding hydrogens is 278 g/mol. The Morgan fingerprint density at radius 2 is 1.43 bits per heavy atom. The Labute approximate surface area is 141 Å². The number of benzene rings is 1. The molecule has 0 spiro atoms. The fraction of sp³-hybridized carbons (Fsp3) is 0.591. The van der Waals surface area contributed by atoms with Crippen molar-refractivity contribution >= 4 is 0 Å². The van der Waals surface area contributed by atoms with Crippen LogP contribution in [0.1, 0.15) is 68.4 Å². The molecule has 0 bridgehead atoms. The molecule has 2 fully saturated rings. The average molecular weight is 307 g/mol. The highest BCUT2D eigenvalue weighted by atomic mass is 14.4. The van der Waals surface area contributed by atoms with Crippen LogP contribution in [-0.4, -0.2) is 0 Å². The van der Waals surface area contributed by atoms with Gasteiger partial charge in [0.1, 0.15) is 0 Å². The standard InChI is InChI=1S/C22H29N/c1-17-4-8-19(9-5-17)21-12-14-22(15-13-21)20-10-6-18(7-11-20)3-2-16-23/h2-5,8-9,18,20-22H,6-7,10-15H2,1H3/t18-,20-,21-,22-. The first-order valence-electron chi connectivity index (χ1n) is 9.39. The Morgan fingerprint density at radius 3 is 2.00 bits per heavy atom. The maximum absolute atomic E-state index is 8.65. The molecule has 0 radical (unpaired) electrons. The minimum Gasteiger partial charge on any atom is -0.193 e.